The number of aromatic nitrogens is 3. The quantitative estimate of drug-likeness (QED) is 0.499. The number of fused-ring (bicyclic) bond motifs is 1. The van der Waals surface area contributed by atoms with Gasteiger partial charge >= 0.3 is 0 Å². The summed E-state index contributed by atoms with van der Waals surface area (Å²) in [5.74, 6) is 0.758. The molecule has 0 spiro atoms. The number of ether oxygens (including phenoxy) is 1. The zero-order chi connectivity index (χ0) is 18.1. The summed E-state index contributed by atoms with van der Waals surface area (Å²) in [5, 5.41) is 4.73. The first-order valence-corrected chi connectivity index (χ1v) is 8.33. The van der Waals surface area contributed by atoms with Crippen LogP contribution in [0.4, 0.5) is 0 Å². The number of aldehydes is 1. The highest BCUT2D eigenvalue weighted by molar-refractivity contribution is 6.29. The lowest BCUT2D eigenvalue weighted by Gasteiger charge is -2.08. The normalized spacial score (nSPS) is 10.8. The van der Waals surface area contributed by atoms with Gasteiger partial charge in [-0.15, -0.1) is 0 Å². The van der Waals surface area contributed by atoms with Gasteiger partial charge in [0.2, 0.25) is 0 Å². The summed E-state index contributed by atoms with van der Waals surface area (Å²) in [5.41, 5.74) is 4.28. The first kappa shape index (κ1) is 16.3. The Morgan fingerprint density at radius 1 is 1.04 bits per heavy atom. The Hall–Kier alpha value is -3.18. The molecule has 6 heteroatoms. The maximum absolute atomic E-state index is 11.6. The van der Waals surface area contributed by atoms with Gasteiger partial charge in [0, 0.05) is 16.7 Å². The van der Waals surface area contributed by atoms with E-state index in [0.717, 1.165) is 34.6 Å². The maximum Gasteiger partial charge on any atom is 0.155 e. The van der Waals surface area contributed by atoms with E-state index < -0.39 is 0 Å². The van der Waals surface area contributed by atoms with Crippen LogP contribution in [0.5, 0.6) is 5.75 Å². The van der Waals surface area contributed by atoms with Crippen LogP contribution in [0, 0.1) is 0 Å². The third-order valence-corrected chi connectivity index (χ3v) is 4.35. The van der Waals surface area contributed by atoms with Gasteiger partial charge in [-0.3, -0.25) is 4.79 Å². The second-order valence-electron chi connectivity index (χ2n) is 5.67. The molecule has 0 unspecified atom stereocenters. The average molecular weight is 364 g/mol. The SMILES string of the molecule is COc1ccc(-c2nc3ccc(Cl)nn3c2-c2ccccc2C=O)cc1. The molecule has 0 fully saturated rings. The number of imidazole rings is 1. The van der Waals surface area contributed by atoms with Gasteiger partial charge in [0.25, 0.3) is 0 Å². The van der Waals surface area contributed by atoms with Gasteiger partial charge in [-0.1, -0.05) is 35.9 Å². The lowest BCUT2D eigenvalue weighted by Crippen LogP contribution is -1.97. The fourth-order valence-corrected chi connectivity index (χ4v) is 3.06. The van der Waals surface area contributed by atoms with E-state index in [1.54, 1.807) is 29.8 Å². The minimum Gasteiger partial charge on any atom is -0.497 e. The number of hydrogen-bond donors (Lipinski definition) is 0. The van der Waals surface area contributed by atoms with Crippen molar-refractivity contribution in [3.05, 3.63) is 71.4 Å². The van der Waals surface area contributed by atoms with Gasteiger partial charge in [-0.2, -0.15) is 5.10 Å². The highest BCUT2D eigenvalue weighted by atomic mass is 35.5. The molecule has 5 nitrogen and oxygen atoms in total. The van der Waals surface area contributed by atoms with Gasteiger partial charge in [0.05, 0.1) is 12.8 Å². The minimum atomic E-state index is 0.348. The van der Waals surface area contributed by atoms with Crippen LogP contribution in [0.2, 0.25) is 5.15 Å². The molecule has 4 aromatic rings. The zero-order valence-corrected chi connectivity index (χ0v) is 14.6. The van der Waals surface area contributed by atoms with E-state index >= 15 is 0 Å². The molecule has 0 amide bonds. The number of rotatable bonds is 4. The summed E-state index contributed by atoms with van der Waals surface area (Å²) in [6.07, 6.45) is 0.830. The molecule has 0 bridgehead atoms. The predicted octanol–water partition coefficient (Wildman–Crippen LogP) is 4.54. The molecule has 0 saturated carbocycles. The van der Waals surface area contributed by atoms with Crippen molar-refractivity contribution >= 4 is 23.5 Å². The summed E-state index contributed by atoms with van der Waals surface area (Å²) in [6.45, 7) is 0. The first-order chi connectivity index (χ1) is 12.7. The number of hydrogen-bond acceptors (Lipinski definition) is 4. The average Bonchev–Trinajstić information content (AvgIpc) is 3.06. The highest BCUT2D eigenvalue weighted by Gasteiger charge is 2.19. The van der Waals surface area contributed by atoms with Crippen molar-refractivity contribution < 1.29 is 9.53 Å². The van der Waals surface area contributed by atoms with Crippen molar-refractivity contribution in [3.8, 4) is 28.3 Å². The maximum atomic E-state index is 11.6. The molecular weight excluding hydrogens is 350 g/mol. The van der Waals surface area contributed by atoms with Crippen LogP contribution >= 0.6 is 11.6 Å². The smallest absolute Gasteiger partial charge is 0.155 e. The fraction of sp³-hybridized carbons (Fsp3) is 0.0500. The van der Waals surface area contributed by atoms with Gasteiger partial charge in [-0.25, -0.2) is 9.50 Å². The molecule has 0 aliphatic rings. The number of carbonyl (C=O) groups is 1. The molecule has 26 heavy (non-hydrogen) atoms. The van der Waals surface area contributed by atoms with Crippen molar-refractivity contribution in [2.75, 3.05) is 7.11 Å². The summed E-state index contributed by atoms with van der Waals surface area (Å²) in [7, 11) is 1.62. The van der Waals surface area contributed by atoms with Crippen molar-refractivity contribution in [3.63, 3.8) is 0 Å². The predicted molar refractivity (Wildman–Crippen MR) is 101 cm³/mol. The van der Waals surface area contributed by atoms with E-state index in [4.69, 9.17) is 21.3 Å². The van der Waals surface area contributed by atoms with Gasteiger partial charge < -0.3 is 4.74 Å². The molecule has 2 heterocycles. The molecule has 128 valence electrons. The van der Waals surface area contributed by atoms with Crippen LogP contribution in [-0.2, 0) is 0 Å². The second-order valence-corrected chi connectivity index (χ2v) is 6.06. The molecule has 0 atom stereocenters. The first-order valence-electron chi connectivity index (χ1n) is 7.95. The van der Waals surface area contributed by atoms with Crippen LogP contribution in [0.25, 0.3) is 28.2 Å². The summed E-state index contributed by atoms with van der Waals surface area (Å²) in [6, 6.07) is 18.4. The van der Waals surface area contributed by atoms with Crippen molar-refractivity contribution in [1.82, 2.24) is 14.6 Å². The molecule has 4 rings (SSSR count). The number of methoxy groups -OCH3 is 1. The molecule has 0 radical (unpaired) electrons. The number of benzene rings is 2. The topological polar surface area (TPSA) is 56.5 Å². The van der Waals surface area contributed by atoms with Gasteiger partial charge in [-0.05, 0) is 36.4 Å². The molecule has 0 aliphatic carbocycles. The van der Waals surface area contributed by atoms with Gasteiger partial charge in [0.1, 0.15) is 16.6 Å². The standard InChI is InChI=1S/C20H14ClN3O2/c1-26-15-8-6-13(7-9-15)19-20(16-5-3-2-4-14(16)12-25)24-18(22-19)11-10-17(21)23-24/h2-12H,1H3. The summed E-state index contributed by atoms with van der Waals surface area (Å²) >= 11 is 6.10. The second kappa shape index (κ2) is 6.61. The van der Waals surface area contributed by atoms with Crippen molar-refractivity contribution in [2.24, 2.45) is 0 Å². The summed E-state index contributed by atoms with van der Waals surface area (Å²) < 4.78 is 6.90. The van der Waals surface area contributed by atoms with Gasteiger partial charge in [0.15, 0.2) is 11.9 Å². The van der Waals surface area contributed by atoms with Crippen LogP contribution in [0.1, 0.15) is 10.4 Å². The third kappa shape index (κ3) is 2.72. The fourth-order valence-electron chi connectivity index (χ4n) is 2.92. The Balaban J connectivity index is 2.05. The van der Waals surface area contributed by atoms with E-state index in [-0.39, 0.29) is 0 Å². The Morgan fingerprint density at radius 2 is 1.81 bits per heavy atom. The van der Waals surface area contributed by atoms with Crippen molar-refractivity contribution in [2.45, 2.75) is 0 Å². The van der Waals surface area contributed by atoms with E-state index in [2.05, 4.69) is 5.10 Å². The van der Waals surface area contributed by atoms with Crippen LogP contribution in [0.3, 0.4) is 0 Å². The Labute approximate surface area is 154 Å². The third-order valence-electron chi connectivity index (χ3n) is 4.15. The van der Waals surface area contributed by atoms with E-state index in [0.29, 0.717) is 16.4 Å². The monoisotopic (exact) mass is 363 g/mol. The largest absolute Gasteiger partial charge is 0.497 e. The molecule has 2 aromatic carbocycles. The van der Waals surface area contributed by atoms with E-state index in [1.807, 2.05) is 42.5 Å². The number of carbonyl (C=O) groups excluding carboxylic acids is 1. The minimum absolute atomic E-state index is 0.348. The Kier molecular flexibility index (Phi) is 4.14. The zero-order valence-electron chi connectivity index (χ0n) is 13.9. The van der Waals surface area contributed by atoms with E-state index in [1.165, 1.54) is 0 Å². The highest BCUT2D eigenvalue weighted by Crippen LogP contribution is 2.34. The Morgan fingerprint density at radius 3 is 2.54 bits per heavy atom. The summed E-state index contributed by atoms with van der Waals surface area (Å²) in [4.78, 5) is 16.3. The molecule has 0 N–H and O–H groups in total. The van der Waals surface area contributed by atoms with Crippen LogP contribution < -0.4 is 4.74 Å². The lowest BCUT2D eigenvalue weighted by molar-refractivity contribution is 0.112. The molecular formula is C20H14ClN3O2. The van der Waals surface area contributed by atoms with Crippen LogP contribution in [0.15, 0.2) is 60.7 Å². The lowest BCUT2D eigenvalue weighted by atomic mass is 10.0. The molecule has 0 aliphatic heterocycles. The number of nitrogens with zero attached hydrogens (tertiary/aromatic N) is 3. The van der Waals surface area contributed by atoms with E-state index in [9.17, 15) is 4.79 Å². The van der Waals surface area contributed by atoms with Crippen LogP contribution in [-0.4, -0.2) is 28.0 Å². The van der Waals surface area contributed by atoms with Crippen molar-refractivity contribution in [1.29, 1.82) is 0 Å². The number of halogens is 1. The molecule has 2 aromatic heterocycles. The Bertz CT molecular complexity index is 1100. The molecule has 0 saturated heterocycles.